The maximum atomic E-state index is 11.9. The third-order valence-electron chi connectivity index (χ3n) is 1.90. The number of allylic oxidation sites excluding steroid dienone is 1. The zero-order chi connectivity index (χ0) is 13.1. The number of ketones is 1. The van der Waals surface area contributed by atoms with Gasteiger partial charge in [-0.05, 0) is 23.8 Å². The lowest BCUT2D eigenvalue weighted by atomic mass is 10.1. The van der Waals surface area contributed by atoms with Gasteiger partial charge in [-0.25, -0.2) is 0 Å². The van der Waals surface area contributed by atoms with Crippen LogP contribution in [-0.4, -0.2) is 19.1 Å². The van der Waals surface area contributed by atoms with Crippen LogP contribution < -0.4 is 9.84 Å². The highest BCUT2D eigenvalue weighted by Gasteiger charge is 2.36. The van der Waals surface area contributed by atoms with Crippen molar-refractivity contribution in [2.24, 2.45) is 0 Å². The molecule has 0 aliphatic rings. The quantitative estimate of drug-likeness (QED) is 0.599. The van der Waals surface area contributed by atoms with Crippen LogP contribution in [0.5, 0.6) is 5.75 Å². The Morgan fingerprint density at radius 3 is 2.59 bits per heavy atom. The van der Waals surface area contributed by atoms with Crippen LogP contribution in [-0.2, 0) is 4.79 Å². The molecule has 0 aromatic heterocycles. The standard InChI is InChI=1S/C11H9F3O3/c1-17-8-4-2-3-7(5-8)9(15)6-10(16)11(12,13)14/h2-6,15H,1H3/p-1/b9-6-. The maximum absolute atomic E-state index is 11.9. The molecule has 1 aromatic rings. The predicted octanol–water partition coefficient (Wildman–Crippen LogP) is 1.53. The summed E-state index contributed by atoms with van der Waals surface area (Å²) < 4.78 is 40.5. The number of halogens is 3. The molecular weight excluding hydrogens is 237 g/mol. The van der Waals surface area contributed by atoms with Gasteiger partial charge in [-0.1, -0.05) is 17.9 Å². The molecule has 0 amide bonds. The van der Waals surface area contributed by atoms with E-state index in [4.69, 9.17) is 4.74 Å². The molecule has 17 heavy (non-hydrogen) atoms. The normalized spacial score (nSPS) is 12.4. The average Bonchev–Trinajstić information content (AvgIpc) is 2.27. The largest absolute Gasteiger partial charge is 0.872 e. The smallest absolute Gasteiger partial charge is 0.454 e. The van der Waals surface area contributed by atoms with Crippen molar-refractivity contribution < 1.29 is 27.8 Å². The number of benzene rings is 1. The molecule has 1 aromatic carbocycles. The van der Waals surface area contributed by atoms with E-state index in [2.05, 4.69) is 0 Å². The molecule has 1 rings (SSSR count). The number of ether oxygens (including phenoxy) is 1. The van der Waals surface area contributed by atoms with E-state index in [-0.39, 0.29) is 11.6 Å². The molecule has 0 N–H and O–H groups in total. The van der Waals surface area contributed by atoms with E-state index in [9.17, 15) is 23.1 Å². The summed E-state index contributed by atoms with van der Waals surface area (Å²) in [4.78, 5) is 10.6. The molecule has 0 atom stereocenters. The number of hydrogen-bond acceptors (Lipinski definition) is 3. The molecule has 3 nitrogen and oxygen atoms in total. The van der Waals surface area contributed by atoms with Gasteiger partial charge in [-0.2, -0.15) is 13.2 Å². The van der Waals surface area contributed by atoms with Gasteiger partial charge in [0.05, 0.1) is 7.11 Å². The highest BCUT2D eigenvalue weighted by molar-refractivity contribution is 5.98. The van der Waals surface area contributed by atoms with E-state index in [0.29, 0.717) is 5.75 Å². The average molecular weight is 245 g/mol. The van der Waals surface area contributed by atoms with Crippen LogP contribution in [0.2, 0.25) is 0 Å². The summed E-state index contributed by atoms with van der Waals surface area (Å²) in [5.41, 5.74) is -0.0399. The minimum atomic E-state index is -5.03. The first-order valence-electron chi connectivity index (χ1n) is 4.49. The highest BCUT2D eigenvalue weighted by atomic mass is 19.4. The fraction of sp³-hybridized carbons (Fsp3) is 0.182. The van der Waals surface area contributed by atoms with Crippen molar-refractivity contribution in [1.29, 1.82) is 0 Å². The van der Waals surface area contributed by atoms with E-state index in [1.807, 2.05) is 0 Å². The fourth-order valence-electron chi connectivity index (χ4n) is 1.06. The monoisotopic (exact) mass is 245 g/mol. The molecule has 0 saturated carbocycles. The van der Waals surface area contributed by atoms with Crippen LogP contribution in [0.1, 0.15) is 5.56 Å². The van der Waals surface area contributed by atoms with Crippen LogP contribution in [0.25, 0.3) is 5.76 Å². The lowest BCUT2D eigenvalue weighted by Gasteiger charge is -2.13. The summed E-state index contributed by atoms with van der Waals surface area (Å²) in [6.45, 7) is 0. The van der Waals surface area contributed by atoms with E-state index in [1.54, 1.807) is 0 Å². The molecule has 0 fully saturated rings. The summed E-state index contributed by atoms with van der Waals surface area (Å²) in [6, 6.07) is 5.52. The van der Waals surface area contributed by atoms with Crippen molar-refractivity contribution in [3.05, 3.63) is 35.9 Å². The van der Waals surface area contributed by atoms with Gasteiger partial charge in [0.25, 0.3) is 5.78 Å². The molecule has 92 valence electrons. The van der Waals surface area contributed by atoms with Crippen LogP contribution >= 0.6 is 0 Å². The molecule has 0 unspecified atom stereocenters. The summed E-state index contributed by atoms with van der Waals surface area (Å²) in [7, 11) is 1.36. The molecule has 0 spiro atoms. The number of carbonyl (C=O) groups is 1. The number of hydrogen-bond donors (Lipinski definition) is 0. The van der Waals surface area contributed by atoms with Crippen molar-refractivity contribution in [2.75, 3.05) is 7.11 Å². The predicted molar refractivity (Wildman–Crippen MR) is 52.0 cm³/mol. The van der Waals surface area contributed by atoms with Gasteiger partial charge in [0.1, 0.15) is 5.75 Å². The van der Waals surface area contributed by atoms with E-state index < -0.39 is 17.7 Å². The Kier molecular flexibility index (Phi) is 3.77. The zero-order valence-corrected chi connectivity index (χ0v) is 8.75. The number of methoxy groups -OCH3 is 1. The molecule has 0 heterocycles. The molecule has 0 bridgehead atoms. The van der Waals surface area contributed by atoms with Gasteiger partial charge in [-0.15, -0.1) is 0 Å². The Hall–Kier alpha value is -1.98. The minimum Gasteiger partial charge on any atom is -0.872 e. The topological polar surface area (TPSA) is 49.4 Å². The SMILES string of the molecule is COc1cccc(/C([O-])=C/C(=O)C(F)(F)F)c1. The Morgan fingerprint density at radius 1 is 1.41 bits per heavy atom. The molecule has 0 aliphatic carbocycles. The van der Waals surface area contributed by atoms with Gasteiger partial charge >= 0.3 is 6.18 Å². The number of rotatable bonds is 3. The van der Waals surface area contributed by atoms with Gasteiger partial charge in [0, 0.05) is 0 Å². The Labute approximate surface area is 95.1 Å². The first-order chi connectivity index (χ1) is 7.84. The lowest BCUT2D eigenvalue weighted by Crippen LogP contribution is -2.21. The Morgan fingerprint density at radius 2 is 2.06 bits per heavy atom. The van der Waals surface area contributed by atoms with Crippen LogP contribution in [0.4, 0.5) is 13.2 Å². The van der Waals surface area contributed by atoms with Gasteiger partial charge in [0.2, 0.25) is 0 Å². The first kappa shape index (κ1) is 13.1. The molecule has 0 radical (unpaired) electrons. The van der Waals surface area contributed by atoms with Crippen molar-refractivity contribution in [2.45, 2.75) is 6.18 Å². The second-order valence-corrected chi connectivity index (χ2v) is 3.10. The summed E-state index contributed by atoms with van der Waals surface area (Å²) in [5.74, 6) is -2.86. The molecule has 0 saturated heterocycles. The van der Waals surface area contributed by atoms with Crippen LogP contribution in [0.15, 0.2) is 30.3 Å². The summed E-state index contributed by atoms with van der Waals surface area (Å²) in [6.07, 6.45) is -5.01. The van der Waals surface area contributed by atoms with Gasteiger partial charge in [-0.3, -0.25) is 4.79 Å². The molecule has 0 aliphatic heterocycles. The van der Waals surface area contributed by atoms with Crippen molar-refractivity contribution in [3.8, 4) is 5.75 Å². The van der Waals surface area contributed by atoms with Crippen molar-refractivity contribution in [1.82, 2.24) is 0 Å². The molecule has 6 heteroatoms. The summed E-state index contributed by atoms with van der Waals surface area (Å²) in [5, 5.41) is 11.3. The minimum absolute atomic E-state index is 0.0226. The van der Waals surface area contributed by atoms with E-state index in [1.165, 1.54) is 31.4 Å². The fourth-order valence-corrected chi connectivity index (χ4v) is 1.06. The summed E-state index contributed by atoms with van der Waals surface area (Å²) >= 11 is 0. The van der Waals surface area contributed by atoms with E-state index >= 15 is 0 Å². The number of carbonyl (C=O) groups excluding carboxylic acids is 1. The third-order valence-corrected chi connectivity index (χ3v) is 1.90. The van der Waals surface area contributed by atoms with Crippen LogP contribution in [0, 0.1) is 0 Å². The van der Waals surface area contributed by atoms with Gasteiger partial charge in [0.15, 0.2) is 0 Å². The molecular formula is C11H8F3O3-. The zero-order valence-electron chi connectivity index (χ0n) is 8.75. The second-order valence-electron chi connectivity index (χ2n) is 3.10. The van der Waals surface area contributed by atoms with E-state index in [0.717, 1.165) is 0 Å². The first-order valence-corrected chi connectivity index (χ1v) is 4.49. The van der Waals surface area contributed by atoms with Crippen molar-refractivity contribution >= 4 is 11.5 Å². The Bertz CT molecular complexity index is 450. The van der Waals surface area contributed by atoms with Crippen molar-refractivity contribution in [3.63, 3.8) is 0 Å². The maximum Gasteiger partial charge on any atom is 0.454 e. The lowest BCUT2D eigenvalue weighted by molar-refractivity contribution is -0.244. The van der Waals surface area contributed by atoms with Gasteiger partial charge < -0.3 is 9.84 Å². The second kappa shape index (κ2) is 4.90. The Balaban J connectivity index is 3.00. The van der Waals surface area contributed by atoms with Crippen LogP contribution in [0.3, 0.4) is 0 Å². The number of alkyl halides is 3. The highest BCUT2D eigenvalue weighted by Crippen LogP contribution is 2.20. The third kappa shape index (κ3) is 3.51.